The molecule has 0 spiro atoms. The first-order valence-electron chi connectivity index (χ1n) is 5.54. The molecule has 1 N–H and O–H groups in total. The van der Waals surface area contributed by atoms with Crippen molar-refractivity contribution in [1.29, 1.82) is 0 Å². The number of benzene rings is 1. The van der Waals surface area contributed by atoms with Crippen molar-refractivity contribution in [1.82, 2.24) is 9.13 Å². The maximum absolute atomic E-state index is 12.0. The minimum atomic E-state index is -0.370. The largest absolute Gasteiger partial charge is 0.395 e. The molecule has 5 nitrogen and oxygen atoms in total. The molecular formula is C12H14N2O3. The maximum Gasteiger partial charge on any atom is 0.331 e. The van der Waals surface area contributed by atoms with Crippen LogP contribution in [0, 0.1) is 0 Å². The van der Waals surface area contributed by atoms with Gasteiger partial charge in [-0.3, -0.25) is 13.9 Å². The van der Waals surface area contributed by atoms with Gasteiger partial charge in [0, 0.05) is 6.54 Å². The lowest BCUT2D eigenvalue weighted by molar-refractivity contribution is 0.270. The van der Waals surface area contributed by atoms with Gasteiger partial charge in [-0.1, -0.05) is 12.1 Å². The lowest BCUT2D eigenvalue weighted by atomic mass is 10.2. The highest BCUT2D eigenvalue weighted by Gasteiger charge is 2.10. The molecule has 1 aromatic carbocycles. The summed E-state index contributed by atoms with van der Waals surface area (Å²) in [5.41, 5.74) is -0.0752. The van der Waals surface area contributed by atoms with Crippen molar-refractivity contribution in [2.45, 2.75) is 20.0 Å². The van der Waals surface area contributed by atoms with Crippen molar-refractivity contribution in [2.75, 3.05) is 6.61 Å². The zero-order chi connectivity index (χ0) is 12.4. The molecule has 90 valence electrons. The number of fused-ring (bicyclic) bond motifs is 1. The highest BCUT2D eigenvalue weighted by Crippen LogP contribution is 2.06. The van der Waals surface area contributed by atoms with E-state index in [1.54, 1.807) is 24.3 Å². The van der Waals surface area contributed by atoms with Crippen LogP contribution in [0.15, 0.2) is 33.9 Å². The minimum Gasteiger partial charge on any atom is -0.395 e. The van der Waals surface area contributed by atoms with Gasteiger partial charge in [-0.15, -0.1) is 0 Å². The van der Waals surface area contributed by atoms with Crippen LogP contribution in [-0.4, -0.2) is 20.8 Å². The SMILES string of the molecule is CCn1c(=O)n(CCO)c(=O)c2ccccc21. The lowest BCUT2D eigenvalue weighted by Crippen LogP contribution is -2.40. The first kappa shape index (κ1) is 11.6. The molecule has 0 bridgehead atoms. The highest BCUT2D eigenvalue weighted by molar-refractivity contribution is 5.77. The summed E-state index contributed by atoms with van der Waals surface area (Å²) in [6, 6.07) is 7.00. The fourth-order valence-corrected chi connectivity index (χ4v) is 1.97. The Morgan fingerprint density at radius 1 is 1.18 bits per heavy atom. The van der Waals surface area contributed by atoms with Crippen molar-refractivity contribution < 1.29 is 5.11 Å². The number of para-hydroxylation sites is 1. The number of aliphatic hydroxyl groups excluding tert-OH is 1. The fraction of sp³-hybridized carbons (Fsp3) is 0.333. The molecule has 0 unspecified atom stereocenters. The Balaban J connectivity index is 2.95. The third-order valence-electron chi connectivity index (χ3n) is 2.77. The second-order valence-corrected chi connectivity index (χ2v) is 3.72. The molecule has 17 heavy (non-hydrogen) atoms. The number of aromatic nitrogens is 2. The van der Waals surface area contributed by atoms with E-state index in [1.165, 1.54) is 4.57 Å². The Hall–Kier alpha value is -1.88. The monoisotopic (exact) mass is 234 g/mol. The quantitative estimate of drug-likeness (QED) is 0.823. The topological polar surface area (TPSA) is 64.2 Å². The van der Waals surface area contributed by atoms with Crippen LogP contribution >= 0.6 is 0 Å². The van der Waals surface area contributed by atoms with Gasteiger partial charge in [0.25, 0.3) is 5.56 Å². The zero-order valence-corrected chi connectivity index (χ0v) is 9.59. The lowest BCUT2D eigenvalue weighted by Gasteiger charge is -2.11. The summed E-state index contributed by atoms with van der Waals surface area (Å²) in [4.78, 5) is 24.1. The average molecular weight is 234 g/mol. The third kappa shape index (κ3) is 1.78. The second kappa shape index (κ2) is 4.55. The Morgan fingerprint density at radius 2 is 1.88 bits per heavy atom. The van der Waals surface area contributed by atoms with Crippen LogP contribution in [-0.2, 0) is 13.1 Å². The van der Waals surface area contributed by atoms with Gasteiger partial charge >= 0.3 is 5.69 Å². The Kier molecular flexibility index (Phi) is 3.10. The zero-order valence-electron chi connectivity index (χ0n) is 9.59. The molecule has 1 aromatic heterocycles. The van der Waals surface area contributed by atoms with Crippen LogP contribution in [0.25, 0.3) is 10.9 Å². The summed E-state index contributed by atoms with van der Waals surface area (Å²) < 4.78 is 2.61. The summed E-state index contributed by atoms with van der Waals surface area (Å²) in [7, 11) is 0. The highest BCUT2D eigenvalue weighted by atomic mass is 16.3. The van der Waals surface area contributed by atoms with Gasteiger partial charge in [0.05, 0.1) is 24.1 Å². The summed E-state index contributed by atoms with van der Waals surface area (Å²) in [6.45, 7) is 2.15. The Morgan fingerprint density at radius 3 is 2.53 bits per heavy atom. The summed E-state index contributed by atoms with van der Waals surface area (Å²) in [6.07, 6.45) is 0. The van der Waals surface area contributed by atoms with Crippen LogP contribution in [0.4, 0.5) is 0 Å². The van der Waals surface area contributed by atoms with Gasteiger partial charge in [-0.25, -0.2) is 4.79 Å². The van der Waals surface area contributed by atoms with Crippen molar-refractivity contribution >= 4 is 10.9 Å². The van der Waals surface area contributed by atoms with E-state index in [0.29, 0.717) is 17.4 Å². The molecule has 2 aromatic rings. The molecule has 0 aliphatic carbocycles. The molecule has 0 aliphatic rings. The van der Waals surface area contributed by atoms with Gasteiger partial charge in [-0.05, 0) is 19.1 Å². The molecule has 1 heterocycles. The molecule has 0 radical (unpaired) electrons. The Bertz CT molecular complexity index is 655. The van der Waals surface area contributed by atoms with Gasteiger partial charge < -0.3 is 5.11 Å². The van der Waals surface area contributed by atoms with Crippen LogP contribution in [0.3, 0.4) is 0 Å². The van der Waals surface area contributed by atoms with Crippen LogP contribution in [0.2, 0.25) is 0 Å². The van der Waals surface area contributed by atoms with Crippen molar-refractivity contribution in [3.63, 3.8) is 0 Å². The molecule has 0 saturated carbocycles. The van der Waals surface area contributed by atoms with E-state index < -0.39 is 0 Å². The first-order chi connectivity index (χ1) is 8.20. The van der Waals surface area contributed by atoms with Crippen LogP contribution < -0.4 is 11.2 Å². The van der Waals surface area contributed by atoms with Crippen molar-refractivity contribution in [3.05, 3.63) is 45.1 Å². The molecule has 5 heteroatoms. The Labute approximate surface area is 97.5 Å². The van der Waals surface area contributed by atoms with E-state index in [9.17, 15) is 9.59 Å². The van der Waals surface area contributed by atoms with E-state index >= 15 is 0 Å². The maximum atomic E-state index is 12.0. The molecule has 0 atom stereocenters. The van der Waals surface area contributed by atoms with Crippen molar-refractivity contribution in [3.8, 4) is 0 Å². The third-order valence-corrected chi connectivity index (χ3v) is 2.77. The number of aryl methyl sites for hydroxylation is 1. The first-order valence-corrected chi connectivity index (χ1v) is 5.54. The van der Waals surface area contributed by atoms with E-state index in [1.807, 2.05) is 6.92 Å². The van der Waals surface area contributed by atoms with E-state index in [2.05, 4.69) is 0 Å². The van der Waals surface area contributed by atoms with Gasteiger partial charge in [-0.2, -0.15) is 0 Å². The second-order valence-electron chi connectivity index (χ2n) is 3.72. The number of aliphatic hydroxyl groups is 1. The molecular weight excluding hydrogens is 220 g/mol. The molecule has 0 aliphatic heterocycles. The normalized spacial score (nSPS) is 10.9. The number of hydrogen-bond acceptors (Lipinski definition) is 3. The molecule has 0 fully saturated rings. The number of nitrogens with zero attached hydrogens (tertiary/aromatic N) is 2. The fourth-order valence-electron chi connectivity index (χ4n) is 1.97. The van der Waals surface area contributed by atoms with Gasteiger partial charge in [0.1, 0.15) is 0 Å². The summed E-state index contributed by atoms with van der Waals surface area (Å²) in [5, 5.41) is 9.40. The minimum absolute atomic E-state index is 0.0303. The van der Waals surface area contributed by atoms with E-state index in [-0.39, 0.29) is 24.4 Å². The van der Waals surface area contributed by atoms with E-state index in [0.717, 1.165) is 4.57 Å². The predicted octanol–water partition coefficient (Wildman–Crippen LogP) is 0.175. The van der Waals surface area contributed by atoms with E-state index in [4.69, 9.17) is 5.11 Å². The summed E-state index contributed by atoms with van der Waals surface area (Å²) >= 11 is 0. The van der Waals surface area contributed by atoms with Gasteiger partial charge in [0.2, 0.25) is 0 Å². The number of hydrogen-bond donors (Lipinski definition) is 1. The van der Waals surface area contributed by atoms with Crippen molar-refractivity contribution in [2.24, 2.45) is 0 Å². The van der Waals surface area contributed by atoms with Gasteiger partial charge in [0.15, 0.2) is 0 Å². The summed E-state index contributed by atoms with van der Waals surface area (Å²) in [5.74, 6) is 0. The predicted molar refractivity (Wildman–Crippen MR) is 65.2 cm³/mol. The smallest absolute Gasteiger partial charge is 0.331 e. The number of rotatable bonds is 3. The standard InChI is InChI=1S/C12H14N2O3/c1-2-13-10-6-4-3-5-9(10)11(16)14(7-8-15)12(13)17/h3-6,15H,2,7-8H2,1H3. The molecule has 0 saturated heterocycles. The van der Waals surface area contributed by atoms with Crippen LogP contribution in [0.1, 0.15) is 6.92 Å². The average Bonchev–Trinajstić information content (AvgIpc) is 2.35. The van der Waals surface area contributed by atoms with Crippen LogP contribution in [0.5, 0.6) is 0 Å². The molecule has 0 amide bonds. The molecule has 2 rings (SSSR count).